The summed E-state index contributed by atoms with van der Waals surface area (Å²) in [6.45, 7) is 0. The number of carbonyl (C=O) groups is 1. The van der Waals surface area contributed by atoms with Gasteiger partial charge in [0.1, 0.15) is 22.4 Å². The predicted molar refractivity (Wildman–Crippen MR) is 85.7 cm³/mol. The molecular weight excluding hydrogens is 355 g/mol. The molecule has 1 fully saturated rings. The van der Waals surface area contributed by atoms with E-state index < -0.39 is 37.2 Å². The standard InChI is InChI=1S/C14H15FN4O5S/c1-18-13(16)17-14(5-4-9(20)7-12(14)25(18,23)24)10-6-8(19(21)22)2-3-11(10)15/h2-3,6,12H,4-5,7H2,1H3,(H2,16,17). The number of carbonyl (C=O) groups excluding carboxylic acids is 1. The summed E-state index contributed by atoms with van der Waals surface area (Å²) in [7, 11) is -2.89. The number of nitro groups is 1. The number of non-ortho nitro benzene ring substituents is 1. The lowest BCUT2D eigenvalue weighted by molar-refractivity contribution is -0.385. The number of nitrogens with two attached hydrogens (primary N) is 1. The van der Waals surface area contributed by atoms with Crippen molar-refractivity contribution in [3.63, 3.8) is 0 Å². The van der Waals surface area contributed by atoms with Gasteiger partial charge in [-0.05, 0) is 12.5 Å². The molecule has 2 aliphatic rings. The van der Waals surface area contributed by atoms with E-state index in [-0.39, 0.29) is 36.6 Å². The van der Waals surface area contributed by atoms with Crippen molar-refractivity contribution in [2.45, 2.75) is 30.1 Å². The van der Waals surface area contributed by atoms with Crippen LogP contribution in [0.2, 0.25) is 0 Å². The normalized spacial score (nSPS) is 28.2. The molecule has 1 aromatic rings. The molecule has 1 heterocycles. The second kappa shape index (κ2) is 5.48. The minimum atomic E-state index is -4.08. The van der Waals surface area contributed by atoms with Crippen LogP contribution in [0.15, 0.2) is 23.2 Å². The Hall–Kier alpha value is -2.56. The number of aliphatic imine (C=N–C) groups is 1. The molecule has 0 amide bonds. The first-order valence-electron chi connectivity index (χ1n) is 7.39. The van der Waals surface area contributed by atoms with Crippen molar-refractivity contribution in [1.29, 1.82) is 0 Å². The molecule has 1 aliphatic carbocycles. The molecule has 1 saturated carbocycles. The summed E-state index contributed by atoms with van der Waals surface area (Å²) >= 11 is 0. The first-order valence-corrected chi connectivity index (χ1v) is 8.89. The largest absolute Gasteiger partial charge is 0.369 e. The maximum Gasteiger partial charge on any atom is 0.270 e. The van der Waals surface area contributed by atoms with Crippen LogP contribution in [-0.4, -0.2) is 41.7 Å². The van der Waals surface area contributed by atoms with Gasteiger partial charge in [-0.2, -0.15) is 0 Å². The Bertz CT molecular complexity index is 916. The Balaban J connectivity index is 2.32. The predicted octanol–water partition coefficient (Wildman–Crippen LogP) is 0.641. The molecule has 1 aliphatic heterocycles. The van der Waals surface area contributed by atoms with Gasteiger partial charge in [0.25, 0.3) is 5.69 Å². The fourth-order valence-electron chi connectivity index (χ4n) is 3.37. The van der Waals surface area contributed by atoms with Gasteiger partial charge in [-0.25, -0.2) is 22.1 Å². The van der Waals surface area contributed by atoms with Gasteiger partial charge in [0.15, 0.2) is 0 Å². The van der Waals surface area contributed by atoms with E-state index in [0.29, 0.717) is 0 Å². The average Bonchev–Trinajstić information content (AvgIpc) is 2.54. The molecule has 0 radical (unpaired) electrons. The van der Waals surface area contributed by atoms with Crippen LogP contribution < -0.4 is 5.73 Å². The molecule has 9 nitrogen and oxygen atoms in total. The molecule has 2 N–H and O–H groups in total. The fourth-order valence-corrected chi connectivity index (χ4v) is 5.24. The zero-order valence-corrected chi connectivity index (χ0v) is 14.0. The number of ketones is 1. The Morgan fingerprint density at radius 3 is 2.80 bits per heavy atom. The third-order valence-corrected chi connectivity index (χ3v) is 6.96. The minimum absolute atomic E-state index is 0.0192. The summed E-state index contributed by atoms with van der Waals surface area (Å²) in [4.78, 5) is 26.4. The lowest BCUT2D eigenvalue weighted by atomic mass is 9.75. The third kappa shape index (κ3) is 2.46. The Labute approximate surface area is 142 Å². The van der Waals surface area contributed by atoms with Gasteiger partial charge in [0, 0.05) is 37.6 Å². The van der Waals surface area contributed by atoms with Gasteiger partial charge in [-0.1, -0.05) is 0 Å². The number of Topliss-reactive ketones (excluding diaryl/α,β-unsaturated/α-hetero) is 1. The Morgan fingerprint density at radius 2 is 2.16 bits per heavy atom. The minimum Gasteiger partial charge on any atom is -0.369 e. The molecule has 0 bridgehead atoms. The number of sulfonamides is 1. The fraction of sp³-hybridized carbons (Fsp3) is 0.429. The van der Waals surface area contributed by atoms with Crippen LogP contribution in [-0.2, 0) is 20.4 Å². The molecule has 134 valence electrons. The highest BCUT2D eigenvalue weighted by Crippen LogP contribution is 2.47. The van der Waals surface area contributed by atoms with Crippen LogP contribution in [0.5, 0.6) is 0 Å². The SMILES string of the molecule is CN1C(N)=NC2(c3cc([N+](=O)[O-])ccc3F)CCC(=O)CC2S1(=O)=O. The smallest absolute Gasteiger partial charge is 0.270 e. The van der Waals surface area contributed by atoms with E-state index in [1.54, 1.807) is 0 Å². The highest BCUT2D eigenvalue weighted by atomic mass is 32.2. The van der Waals surface area contributed by atoms with Crippen molar-refractivity contribution < 1.29 is 22.5 Å². The summed E-state index contributed by atoms with van der Waals surface area (Å²) in [5.41, 5.74) is 3.42. The number of guanidine groups is 1. The summed E-state index contributed by atoms with van der Waals surface area (Å²) < 4.78 is 40.8. The van der Waals surface area contributed by atoms with Crippen LogP contribution in [0.3, 0.4) is 0 Å². The van der Waals surface area contributed by atoms with Crippen LogP contribution in [0.1, 0.15) is 24.8 Å². The molecule has 0 saturated heterocycles. The van der Waals surface area contributed by atoms with E-state index in [1.165, 1.54) is 7.05 Å². The number of nitrogens with zero attached hydrogens (tertiary/aromatic N) is 3. The van der Waals surface area contributed by atoms with Crippen LogP contribution in [0.25, 0.3) is 0 Å². The second-order valence-corrected chi connectivity index (χ2v) is 8.21. The van der Waals surface area contributed by atoms with E-state index in [9.17, 15) is 27.7 Å². The molecule has 3 rings (SSSR count). The first kappa shape index (κ1) is 17.3. The van der Waals surface area contributed by atoms with E-state index >= 15 is 0 Å². The van der Waals surface area contributed by atoms with Gasteiger partial charge >= 0.3 is 0 Å². The number of benzene rings is 1. The first-order chi connectivity index (χ1) is 11.6. The Morgan fingerprint density at radius 1 is 1.48 bits per heavy atom. The van der Waals surface area contributed by atoms with Gasteiger partial charge in [-0.15, -0.1) is 0 Å². The topological polar surface area (TPSA) is 136 Å². The van der Waals surface area contributed by atoms with Crippen molar-refractivity contribution >= 4 is 27.5 Å². The number of rotatable bonds is 2. The lowest BCUT2D eigenvalue weighted by Crippen LogP contribution is -2.59. The lowest BCUT2D eigenvalue weighted by Gasteiger charge is -2.45. The van der Waals surface area contributed by atoms with E-state index in [4.69, 9.17) is 5.73 Å². The monoisotopic (exact) mass is 370 g/mol. The second-order valence-electron chi connectivity index (χ2n) is 6.06. The summed E-state index contributed by atoms with van der Waals surface area (Å²) in [6.07, 6.45) is -0.470. The van der Waals surface area contributed by atoms with Gasteiger partial charge in [-0.3, -0.25) is 14.9 Å². The van der Waals surface area contributed by atoms with Crippen LogP contribution in [0, 0.1) is 15.9 Å². The maximum atomic E-state index is 14.5. The van der Waals surface area contributed by atoms with E-state index in [2.05, 4.69) is 4.99 Å². The van der Waals surface area contributed by atoms with Crippen molar-refractivity contribution in [1.82, 2.24) is 4.31 Å². The molecule has 11 heteroatoms. The number of nitro benzene ring substituents is 1. The van der Waals surface area contributed by atoms with Crippen molar-refractivity contribution in [3.8, 4) is 0 Å². The zero-order valence-electron chi connectivity index (χ0n) is 13.2. The molecule has 2 atom stereocenters. The van der Waals surface area contributed by atoms with Crippen LogP contribution in [0.4, 0.5) is 10.1 Å². The molecular formula is C14H15FN4O5S. The highest BCUT2D eigenvalue weighted by Gasteiger charge is 2.57. The van der Waals surface area contributed by atoms with Crippen molar-refractivity contribution in [2.24, 2.45) is 10.7 Å². The summed E-state index contributed by atoms with van der Waals surface area (Å²) in [5, 5.41) is 9.68. The van der Waals surface area contributed by atoms with Crippen molar-refractivity contribution in [2.75, 3.05) is 7.05 Å². The number of hydrogen-bond acceptors (Lipinski definition) is 7. The average molecular weight is 370 g/mol. The number of halogens is 1. The number of fused-ring (bicyclic) bond motifs is 1. The zero-order chi connectivity index (χ0) is 18.6. The molecule has 1 aromatic carbocycles. The van der Waals surface area contributed by atoms with Crippen molar-refractivity contribution in [3.05, 3.63) is 39.7 Å². The number of hydrogen-bond donors (Lipinski definition) is 1. The summed E-state index contributed by atoms with van der Waals surface area (Å²) in [5.74, 6) is -1.48. The Kier molecular flexibility index (Phi) is 3.78. The van der Waals surface area contributed by atoms with E-state index in [0.717, 1.165) is 22.5 Å². The van der Waals surface area contributed by atoms with Gasteiger partial charge in [0.2, 0.25) is 16.0 Å². The summed E-state index contributed by atoms with van der Waals surface area (Å²) in [6, 6.07) is 2.84. The molecule has 0 spiro atoms. The third-order valence-electron chi connectivity index (χ3n) is 4.74. The molecule has 0 aromatic heterocycles. The maximum absolute atomic E-state index is 14.5. The van der Waals surface area contributed by atoms with Gasteiger partial charge in [0.05, 0.1) is 4.92 Å². The van der Waals surface area contributed by atoms with Gasteiger partial charge < -0.3 is 5.73 Å². The van der Waals surface area contributed by atoms with Crippen LogP contribution >= 0.6 is 0 Å². The quantitative estimate of drug-likeness (QED) is 0.599. The molecule has 2 unspecified atom stereocenters. The van der Waals surface area contributed by atoms with E-state index in [1.807, 2.05) is 0 Å². The highest BCUT2D eigenvalue weighted by molar-refractivity contribution is 7.90. The molecule has 25 heavy (non-hydrogen) atoms.